The van der Waals surface area contributed by atoms with Gasteiger partial charge in [-0.15, -0.1) is 0 Å². The molecule has 0 radical (unpaired) electrons. The highest BCUT2D eigenvalue weighted by atomic mass is 79.9. The molecule has 1 aliphatic heterocycles. The van der Waals surface area contributed by atoms with Crippen LogP contribution in [0.5, 0.6) is 5.75 Å². The van der Waals surface area contributed by atoms with Crippen molar-refractivity contribution in [3.63, 3.8) is 0 Å². The van der Waals surface area contributed by atoms with Gasteiger partial charge in [-0.2, -0.15) is 0 Å². The number of anilines is 1. The Morgan fingerprint density at radius 3 is 2.77 bits per heavy atom. The molecule has 0 spiro atoms. The number of carbonyl (C=O) groups excluding carboxylic acids is 1. The minimum absolute atomic E-state index is 0.0566. The summed E-state index contributed by atoms with van der Waals surface area (Å²) in [7, 11) is 1.65. The average molecular weight is 410 g/mol. The fraction of sp³-hybridized carbons (Fsp3) is 0.150. The van der Waals surface area contributed by atoms with E-state index in [0.29, 0.717) is 12.2 Å². The number of aromatic nitrogens is 2. The molecule has 0 bridgehead atoms. The molecule has 2 heterocycles. The van der Waals surface area contributed by atoms with E-state index < -0.39 is 0 Å². The zero-order valence-electron chi connectivity index (χ0n) is 14.1. The predicted octanol–water partition coefficient (Wildman–Crippen LogP) is 4.00. The van der Waals surface area contributed by atoms with E-state index in [0.717, 1.165) is 38.3 Å². The second-order valence-electron chi connectivity index (χ2n) is 6.10. The number of nitrogens with zero attached hydrogens (tertiary/aromatic N) is 2. The molecule has 130 valence electrons. The number of amides is 1. The van der Waals surface area contributed by atoms with Crippen LogP contribution < -0.4 is 10.1 Å². The van der Waals surface area contributed by atoms with Crippen LogP contribution in [0.25, 0.3) is 11.3 Å². The maximum Gasteiger partial charge on any atom is 0.228 e. The molecule has 4 rings (SSSR count). The largest absolute Gasteiger partial charge is 0.497 e. The third-order valence-electron chi connectivity index (χ3n) is 4.30. The molecule has 1 aliphatic rings. The second kappa shape index (κ2) is 6.88. The molecule has 1 amide bonds. The Kier molecular flexibility index (Phi) is 4.42. The fourth-order valence-electron chi connectivity index (χ4n) is 3.01. The van der Waals surface area contributed by atoms with E-state index in [9.17, 15) is 4.79 Å². The van der Waals surface area contributed by atoms with Crippen LogP contribution in [0.1, 0.15) is 17.0 Å². The van der Waals surface area contributed by atoms with Crippen molar-refractivity contribution in [2.24, 2.45) is 0 Å². The Balaban J connectivity index is 1.74. The van der Waals surface area contributed by atoms with E-state index in [1.807, 2.05) is 42.5 Å². The SMILES string of the molecule is COc1ccc(Cc2ncc3c(n2)-c2cc(Br)ccc2NC(=O)C3)cc1. The first-order valence-electron chi connectivity index (χ1n) is 8.20. The van der Waals surface area contributed by atoms with Crippen LogP contribution in [0.15, 0.2) is 53.1 Å². The van der Waals surface area contributed by atoms with E-state index >= 15 is 0 Å². The molecule has 2 aromatic carbocycles. The molecular formula is C20H16BrN3O2. The number of fused-ring (bicyclic) bond motifs is 3. The normalized spacial score (nSPS) is 12.6. The van der Waals surface area contributed by atoms with E-state index in [2.05, 4.69) is 26.2 Å². The number of nitrogens with one attached hydrogen (secondary N) is 1. The van der Waals surface area contributed by atoms with Crippen LogP contribution in [-0.4, -0.2) is 23.0 Å². The Morgan fingerprint density at radius 2 is 2.00 bits per heavy atom. The Bertz CT molecular complexity index is 987. The highest BCUT2D eigenvalue weighted by Gasteiger charge is 2.21. The van der Waals surface area contributed by atoms with Crippen LogP contribution in [0.3, 0.4) is 0 Å². The number of benzene rings is 2. The van der Waals surface area contributed by atoms with Gasteiger partial charge in [-0.1, -0.05) is 28.1 Å². The van der Waals surface area contributed by atoms with Crippen molar-refractivity contribution >= 4 is 27.5 Å². The monoisotopic (exact) mass is 409 g/mol. The number of halogens is 1. The summed E-state index contributed by atoms with van der Waals surface area (Å²) in [6.45, 7) is 0. The summed E-state index contributed by atoms with van der Waals surface area (Å²) in [5, 5.41) is 2.94. The summed E-state index contributed by atoms with van der Waals surface area (Å²) >= 11 is 3.50. The van der Waals surface area contributed by atoms with Crippen LogP contribution in [-0.2, 0) is 17.6 Å². The zero-order valence-corrected chi connectivity index (χ0v) is 15.7. The smallest absolute Gasteiger partial charge is 0.228 e. The highest BCUT2D eigenvalue weighted by molar-refractivity contribution is 9.10. The molecule has 0 aliphatic carbocycles. The van der Waals surface area contributed by atoms with Gasteiger partial charge in [-0.25, -0.2) is 9.97 Å². The van der Waals surface area contributed by atoms with Gasteiger partial charge in [-0.05, 0) is 35.9 Å². The van der Waals surface area contributed by atoms with E-state index in [4.69, 9.17) is 9.72 Å². The van der Waals surface area contributed by atoms with Crippen LogP contribution in [0.2, 0.25) is 0 Å². The minimum atomic E-state index is -0.0566. The van der Waals surface area contributed by atoms with Crippen molar-refractivity contribution in [2.45, 2.75) is 12.8 Å². The summed E-state index contributed by atoms with van der Waals surface area (Å²) in [5.41, 5.74) is 4.41. The van der Waals surface area contributed by atoms with Gasteiger partial charge in [-0.3, -0.25) is 4.79 Å². The molecular weight excluding hydrogens is 394 g/mol. The number of carbonyl (C=O) groups is 1. The quantitative estimate of drug-likeness (QED) is 0.709. The number of ether oxygens (including phenoxy) is 1. The van der Waals surface area contributed by atoms with E-state index in [1.54, 1.807) is 13.3 Å². The average Bonchev–Trinajstić information content (AvgIpc) is 2.78. The Morgan fingerprint density at radius 1 is 1.19 bits per heavy atom. The van der Waals surface area contributed by atoms with Gasteiger partial charge in [0.15, 0.2) is 0 Å². The van der Waals surface area contributed by atoms with Gasteiger partial charge in [0.25, 0.3) is 0 Å². The van der Waals surface area contributed by atoms with Crippen molar-refractivity contribution in [2.75, 3.05) is 12.4 Å². The van der Waals surface area contributed by atoms with Crippen LogP contribution >= 0.6 is 15.9 Å². The van der Waals surface area contributed by atoms with Crippen molar-refractivity contribution in [3.8, 4) is 17.0 Å². The molecule has 1 aromatic heterocycles. The molecule has 0 saturated carbocycles. The van der Waals surface area contributed by atoms with Gasteiger partial charge in [0, 0.05) is 28.2 Å². The third-order valence-corrected chi connectivity index (χ3v) is 4.79. The van der Waals surface area contributed by atoms with E-state index in [-0.39, 0.29) is 12.3 Å². The molecule has 1 N–H and O–H groups in total. The maximum atomic E-state index is 12.1. The molecule has 5 nitrogen and oxygen atoms in total. The fourth-order valence-corrected chi connectivity index (χ4v) is 3.37. The lowest BCUT2D eigenvalue weighted by Gasteiger charge is -2.10. The molecule has 0 saturated heterocycles. The summed E-state index contributed by atoms with van der Waals surface area (Å²) in [5.74, 6) is 1.48. The number of rotatable bonds is 3. The number of hydrogen-bond acceptors (Lipinski definition) is 4. The third kappa shape index (κ3) is 3.32. The van der Waals surface area contributed by atoms with Gasteiger partial charge in [0.2, 0.25) is 5.91 Å². The topological polar surface area (TPSA) is 64.1 Å². The Hall–Kier alpha value is -2.73. The van der Waals surface area contributed by atoms with Crippen LogP contribution in [0, 0.1) is 0 Å². The molecule has 0 fully saturated rings. The predicted molar refractivity (Wildman–Crippen MR) is 103 cm³/mol. The van der Waals surface area contributed by atoms with Crippen molar-refractivity contribution < 1.29 is 9.53 Å². The minimum Gasteiger partial charge on any atom is -0.497 e. The van der Waals surface area contributed by atoms with Gasteiger partial charge in [0.1, 0.15) is 11.6 Å². The molecule has 6 heteroatoms. The van der Waals surface area contributed by atoms with Crippen LogP contribution in [0.4, 0.5) is 5.69 Å². The van der Waals surface area contributed by atoms with Crippen molar-refractivity contribution in [1.82, 2.24) is 9.97 Å². The lowest BCUT2D eigenvalue weighted by molar-refractivity contribution is -0.115. The first kappa shape index (κ1) is 16.7. The summed E-state index contributed by atoms with van der Waals surface area (Å²) < 4.78 is 6.13. The summed E-state index contributed by atoms with van der Waals surface area (Å²) in [6.07, 6.45) is 2.64. The van der Waals surface area contributed by atoms with Crippen molar-refractivity contribution in [3.05, 3.63) is 70.1 Å². The molecule has 3 aromatic rings. The Labute approximate surface area is 159 Å². The number of methoxy groups -OCH3 is 1. The molecule has 0 atom stereocenters. The molecule has 0 unspecified atom stereocenters. The van der Waals surface area contributed by atoms with Gasteiger partial charge < -0.3 is 10.1 Å². The maximum absolute atomic E-state index is 12.1. The van der Waals surface area contributed by atoms with Crippen molar-refractivity contribution in [1.29, 1.82) is 0 Å². The van der Waals surface area contributed by atoms with Gasteiger partial charge in [0.05, 0.1) is 24.9 Å². The summed E-state index contributed by atoms with van der Waals surface area (Å²) in [6, 6.07) is 13.6. The first-order valence-corrected chi connectivity index (χ1v) is 8.99. The zero-order chi connectivity index (χ0) is 18.1. The van der Waals surface area contributed by atoms with E-state index in [1.165, 1.54) is 0 Å². The standard InChI is InChI=1S/C20H16BrN3O2/c1-26-15-5-2-12(3-6-15)8-18-22-11-13-9-19(25)23-17-7-4-14(21)10-16(17)20(13)24-18/h2-7,10-11H,8-9H2,1H3,(H,23,25). The first-order chi connectivity index (χ1) is 12.6. The molecule has 26 heavy (non-hydrogen) atoms. The number of hydrogen-bond donors (Lipinski definition) is 1. The lowest BCUT2D eigenvalue weighted by atomic mass is 10.0. The highest BCUT2D eigenvalue weighted by Crippen LogP contribution is 2.34. The lowest BCUT2D eigenvalue weighted by Crippen LogP contribution is -2.12. The second-order valence-corrected chi connectivity index (χ2v) is 7.02. The summed E-state index contributed by atoms with van der Waals surface area (Å²) in [4.78, 5) is 21.4. The van der Waals surface area contributed by atoms with Gasteiger partial charge >= 0.3 is 0 Å².